The van der Waals surface area contributed by atoms with E-state index in [2.05, 4.69) is 36.0 Å². The maximum atomic E-state index is 12.2. The van der Waals surface area contributed by atoms with Crippen LogP contribution in [0.1, 0.15) is 11.1 Å². The van der Waals surface area contributed by atoms with Gasteiger partial charge in [0, 0.05) is 22.1 Å². The minimum absolute atomic E-state index is 0.00935. The molecule has 22 heteroatoms. The summed E-state index contributed by atoms with van der Waals surface area (Å²) in [7, 11) is -9.73. The highest BCUT2D eigenvalue weighted by molar-refractivity contribution is 7.86. The number of aryl methyl sites for hydroxylation is 2. The Balaban J connectivity index is 1.16. The quantitative estimate of drug-likeness (QED) is 0.0274. The van der Waals surface area contributed by atoms with Crippen LogP contribution in [0.15, 0.2) is 144 Å². The van der Waals surface area contributed by atoms with Crippen LogP contribution in [-0.2, 0) is 29.8 Å². The van der Waals surface area contributed by atoms with Gasteiger partial charge in [-0.3, -0.25) is 13.9 Å². The summed E-state index contributed by atoms with van der Waals surface area (Å²) in [6.45, 7) is 3.50. The zero-order valence-corrected chi connectivity index (χ0v) is 34.8. The summed E-state index contributed by atoms with van der Waals surface area (Å²) in [5.41, 5.74) is 14.4. The van der Waals surface area contributed by atoms with Crippen LogP contribution in [-0.4, -0.2) is 53.1 Å². The summed E-state index contributed by atoms with van der Waals surface area (Å²) in [5.74, 6) is -4.42. The van der Waals surface area contributed by atoms with E-state index in [1.54, 1.807) is 44.2 Å². The third-order valence-corrected chi connectivity index (χ3v) is 11.4. The van der Waals surface area contributed by atoms with Crippen molar-refractivity contribution < 1.29 is 50.8 Å². The van der Waals surface area contributed by atoms with Gasteiger partial charge in [-0.15, -0.1) is 15.3 Å². The van der Waals surface area contributed by atoms with Crippen LogP contribution in [0.2, 0.25) is 0 Å². The number of carbonyl (C=O) groups excluding carboxylic acids is 1. The third kappa shape index (κ3) is 9.19. The molecule has 0 atom stereocenters. The molecule has 0 aliphatic rings. The van der Waals surface area contributed by atoms with Crippen LogP contribution >= 0.6 is 0 Å². The second-order valence-electron chi connectivity index (χ2n) is 14.1. The van der Waals surface area contributed by atoms with Crippen molar-refractivity contribution in [1.29, 1.82) is 0 Å². The summed E-state index contributed by atoms with van der Waals surface area (Å²) in [6.07, 6.45) is 0. The molecule has 0 unspecified atom stereocenters. The number of fused-ring (bicyclic) bond motifs is 2. The number of aliphatic carboxylic acids is 1. The molecule has 0 saturated carbocycles. The van der Waals surface area contributed by atoms with Gasteiger partial charge in [0.25, 0.3) is 20.2 Å². The molecule has 0 fully saturated rings. The summed E-state index contributed by atoms with van der Waals surface area (Å²) in [5, 5.41) is 58.7. The lowest BCUT2D eigenvalue weighted by atomic mass is 10.0. The average Bonchev–Trinajstić information content (AvgIpc) is 3.22. The maximum Gasteiger partial charge on any atom is 0.394 e. The highest BCUT2D eigenvalue weighted by atomic mass is 32.2. The first kappa shape index (κ1) is 43.9. The Morgan fingerprint density at radius 2 is 0.984 bits per heavy atom. The molecule has 64 heavy (non-hydrogen) atoms. The van der Waals surface area contributed by atoms with E-state index >= 15 is 0 Å². The number of nitrogens with zero attached hydrogens (tertiary/aromatic N) is 6. The van der Waals surface area contributed by atoms with E-state index in [0.717, 1.165) is 23.3 Å². The van der Waals surface area contributed by atoms with E-state index in [-0.39, 0.29) is 38.9 Å². The molecule has 324 valence electrons. The molecule has 10 N–H and O–H groups in total. The molecule has 0 aromatic heterocycles. The average molecular weight is 904 g/mol. The first-order valence-electron chi connectivity index (χ1n) is 18.4. The number of carbonyl (C=O) groups is 2. The second kappa shape index (κ2) is 16.9. The van der Waals surface area contributed by atoms with Gasteiger partial charge in [-0.1, -0.05) is 24.3 Å². The number of phenolic OH excluding ortho intramolecular Hbond substituents is 2. The number of carboxylic acid groups (broad SMARTS) is 1. The molecular formula is C42H33N9O11S2. The normalized spacial score (nSPS) is 12.2. The number of azo groups is 3. The van der Waals surface area contributed by atoms with Gasteiger partial charge in [-0.25, -0.2) is 4.79 Å². The van der Waals surface area contributed by atoms with Crippen LogP contribution in [0.25, 0.3) is 32.7 Å². The zero-order chi connectivity index (χ0) is 46.2. The lowest BCUT2D eigenvalue weighted by molar-refractivity contribution is -0.147. The molecule has 0 radical (unpaired) electrons. The number of nitrogens with two attached hydrogens (primary N) is 2. The smallest absolute Gasteiger partial charge is 0.394 e. The summed E-state index contributed by atoms with van der Waals surface area (Å²) >= 11 is 0. The lowest BCUT2D eigenvalue weighted by Crippen LogP contribution is -2.21. The zero-order valence-electron chi connectivity index (χ0n) is 33.2. The van der Waals surface area contributed by atoms with Gasteiger partial charge in [-0.05, 0) is 126 Å². The van der Waals surface area contributed by atoms with Crippen LogP contribution in [0.4, 0.5) is 51.2 Å². The first-order valence-corrected chi connectivity index (χ1v) is 21.3. The Morgan fingerprint density at radius 3 is 1.44 bits per heavy atom. The molecule has 0 aliphatic heterocycles. The van der Waals surface area contributed by atoms with Crippen molar-refractivity contribution in [1.82, 2.24) is 0 Å². The van der Waals surface area contributed by atoms with Crippen molar-refractivity contribution in [3.8, 4) is 22.6 Å². The van der Waals surface area contributed by atoms with Crippen molar-refractivity contribution in [3.05, 3.63) is 114 Å². The number of rotatable bonds is 10. The van der Waals surface area contributed by atoms with Crippen molar-refractivity contribution in [3.63, 3.8) is 0 Å². The molecule has 0 spiro atoms. The number of anilines is 3. The van der Waals surface area contributed by atoms with Crippen molar-refractivity contribution >= 4 is 105 Å². The summed E-state index contributed by atoms with van der Waals surface area (Å²) in [4.78, 5) is 22.3. The van der Waals surface area contributed by atoms with Gasteiger partial charge in [0.05, 0.1) is 22.7 Å². The second-order valence-corrected chi connectivity index (χ2v) is 16.9. The van der Waals surface area contributed by atoms with E-state index in [0.29, 0.717) is 33.6 Å². The molecule has 1 amide bonds. The van der Waals surface area contributed by atoms with Crippen LogP contribution in [0, 0.1) is 13.8 Å². The maximum absolute atomic E-state index is 12.2. The molecule has 7 aromatic rings. The lowest BCUT2D eigenvalue weighted by Gasteiger charge is -2.10. The molecular weight excluding hydrogens is 871 g/mol. The predicted molar refractivity (Wildman–Crippen MR) is 236 cm³/mol. The third-order valence-electron chi connectivity index (χ3n) is 9.65. The number of nitrogens with one attached hydrogen (secondary N) is 1. The Hall–Kier alpha value is -8.18. The van der Waals surface area contributed by atoms with E-state index < -0.39 is 64.8 Å². The van der Waals surface area contributed by atoms with Crippen LogP contribution < -0.4 is 16.8 Å². The predicted octanol–water partition coefficient (Wildman–Crippen LogP) is 9.62. The molecule has 0 bridgehead atoms. The van der Waals surface area contributed by atoms with Crippen molar-refractivity contribution in [2.75, 3.05) is 16.8 Å². The number of hydrogen-bond acceptors (Lipinski definition) is 16. The van der Waals surface area contributed by atoms with Gasteiger partial charge in [-0.2, -0.15) is 32.2 Å². The summed E-state index contributed by atoms with van der Waals surface area (Å²) in [6, 6.07) is 25.2. The number of hydrogen-bond donors (Lipinski definition) is 8. The fraction of sp³-hybridized carbons (Fsp3) is 0.0476. The number of benzene rings is 7. The van der Waals surface area contributed by atoms with Gasteiger partial charge in [0.15, 0.2) is 11.5 Å². The van der Waals surface area contributed by atoms with Crippen molar-refractivity contribution in [2.45, 2.75) is 23.6 Å². The van der Waals surface area contributed by atoms with Crippen LogP contribution in [0.5, 0.6) is 11.5 Å². The van der Waals surface area contributed by atoms with E-state index in [4.69, 9.17) is 11.5 Å². The van der Waals surface area contributed by atoms with Crippen molar-refractivity contribution in [2.24, 2.45) is 30.7 Å². The van der Waals surface area contributed by atoms with Gasteiger partial charge in [0.2, 0.25) is 0 Å². The number of carboxylic acids is 1. The standard InChI is InChI=1S/C42H33N9O11S2/c1-20-13-22(23-6-11-32(21(2)14-23)48-51-38-36(64(60,61)62)16-25-4-8-27(44)18-30(25)40(38)53)5-10-31(20)47-49-33-12-9-28(19-34(33)45-41(54)42(55)56)46-50-37-35(63(57,58)59)15-24-3-7-26(43)17-29(24)39(37)52/h3-19,52-53H,43-44H2,1-2H3,(H,45,54)(H,55,56)(H,57,58,59)(H,60,61,62). The minimum Gasteiger partial charge on any atom is -0.505 e. The largest absolute Gasteiger partial charge is 0.505 e. The molecule has 0 heterocycles. The Morgan fingerprint density at radius 1 is 0.547 bits per heavy atom. The van der Waals surface area contributed by atoms with E-state index in [1.807, 2.05) is 6.07 Å². The first-order chi connectivity index (χ1) is 30.2. The number of phenols is 2. The molecule has 0 aliphatic carbocycles. The van der Waals surface area contributed by atoms with Gasteiger partial charge >= 0.3 is 11.9 Å². The van der Waals surface area contributed by atoms with E-state index in [9.17, 15) is 50.8 Å². The highest BCUT2D eigenvalue weighted by Crippen LogP contribution is 2.44. The van der Waals surface area contributed by atoms with Gasteiger partial charge in [0.1, 0.15) is 26.9 Å². The SMILES string of the molecule is Cc1cc(-c2ccc(N=Nc3c(S(=O)(=O)O)cc4ccc(N)cc4c3O)c(C)c2)ccc1N=Nc1ccc(N=Nc2c(S(=O)(=O)O)cc3ccc(N)cc3c2O)cc1NC(=O)C(=O)O. The minimum atomic E-state index is -4.92. The Labute approximate surface area is 362 Å². The topological polar surface area (TPSA) is 342 Å². The van der Waals surface area contributed by atoms with E-state index in [1.165, 1.54) is 54.6 Å². The van der Waals surface area contributed by atoms with Crippen LogP contribution in [0.3, 0.4) is 0 Å². The molecule has 7 rings (SSSR count). The summed E-state index contributed by atoms with van der Waals surface area (Å²) < 4.78 is 68.7. The molecule has 7 aromatic carbocycles. The fourth-order valence-electron chi connectivity index (χ4n) is 6.47. The Kier molecular flexibility index (Phi) is 11.6. The Bertz CT molecular complexity index is 3450. The number of amides is 1. The highest BCUT2D eigenvalue weighted by Gasteiger charge is 2.24. The molecule has 20 nitrogen and oxygen atoms in total. The monoisotopic (exact) mass is 903 g/mol. The molecule has 0 saturated heterocycles. The number of nitrogen functional groups attached to an aromatic ring is 2. The number of aromatic hydroxyl groups is 2. The van der Waals surface area contributed by atoms with Gasteiger partial charge < -0.3 is 32.1 Å². The fourth-order valence-corrected chi connectivity index (χ4v) is 7.78.